The Labute approximate surface area is 282 Å². The number of ether oxygens (including phenoxy) is 1. The number of aromatic nitrogens is 4. The fourth-order valence-corrected chi connectivity index (χ4v) is 5.39. The minimum Gasteiger partial charge on any atom is -0.481 e. The predicted molar refractivity (Wildman–Crippen MR) is 171 cm³/mol. The quantitative estimate of drug-likeness (QED) is 0.181. The van der Waals surface area contributed by atoms with Crippen LogP contribution in [0.5, 0.6) is 0 Å². The molecule has 0 spiro atoms. The molecule has 1 fully saturated rings. The molecule has 1 aromatic heterocycles. The molecule has 1 aromatic carbocycles. The lowest BCUT2D eigenvalue weighted by molar-refractivity contribution is -0.145. The fraction of sp³-hybridized carbons (Fsp3) is 0.517. The van der Waals surface area contributed by atoms with Crippen molar-refractivity contribution in [3.05, 3.63) is 52.2 Å². The molecule has 2 aromatic rings. The summed E-state index contributed by atoms with van der Waals surface area (Å²) in [5, 5.41) is 30.3. The Kier molecular flexibility index (Phi) is 13.0. The highest BCUT2D eigenvalue weighted by atomic mass is 35.5. The van der Waals surface area contributed by atoms with Crippen molar-refractivity contribution in [1.82, 2.24) is 41.5 Å². The molecule has 2 heterocycles. The third-order valence-corrected chi connectivity index (χ3v) is 9.06. The van der Waals surface area contributed by atoms with Crippen LogP contribution < -0.4 is 16.0 Å². The van der Waals surface area contributed by atoms with Crippen LogP contribution in [0.15, 0.2) is 40.8 Å². The van der Waals surface area contributed by atoms with Crippen molar-refractivity contribution in [1.29, 1.82) is 0 Å². The zero-order valence-corrected chi connectivity index (χ0v) is 28.4. The van der Waals surface area contributed by atoms with Gasteiger partial charge >= 0.3 is 12.1 Å². The van der Waals surface area contributed by atoms with E-state index in [1.165, 1.54) is 4.90 Å². The number of aliphatic carboxylic acids is 1. The smallest absolute Gasteiger partial charge is 0.408 e. The number of amides is 4. The van der Waals surface area contributed by atoms with Crippen LogP contribution in [0.2, 0.25) is 0 Å². The topological polar surface area (TPSA) is 243 Å². The van der Waals surface area contributed by atoms with E-state index in [1.807, 2.05) is 0 Å². The van der Waals surface area contributed by atoms with Crippen molar-refractivity contribution in [2.24, 2.45) is 5.41 Å². The number of carboxylic acid groups (broad SMARTS) is 1. The van der Waals surface area contributed by atoms with E-state index < -0.39 is 80.0 Å². The molecule has 0 aliphatic carbocycles. The average Bonchev–Trinajstić information content (AvgIpc) is 3.70. The first-order chi connectivity index (χ1) is 22.5. The lowest BCUT2D eigenvalue weighted by Gasteiger charge is -2.36. The van der Waals surface area contributed by atoms with Gasteiger partial charge in [-0.2, -0.15) is 5.21 Å². The molecule has 1 aliphatic heterocycles. The molecular weight excluding hydrogens is 672 g/mol. The summed E-state index contributed by atoms with van der Waals surface area (Å²) in [6.45, 7) is 5.06. The van der Waals surface area contributed by atoms with Crippen molar-refractivity contribution in [3.63, 3.8) is 0 Å². The average molecular weight is 711 g/mol. The Hall–Kier alpha value is -4.58. The summed E-state index contributed by atoms with van der Waals surface area (Å²) in [6.07, 6.45) is 0.846. The number of carboxylic acids is 1. The van der Waals surface area contributed by atoms with Gasteiger partial charge in [0, 0.05) is 19.2 Å². The van der Waals surface area contributed by atoms with Crippen LogP contribution in [-0.4, -0.2) is 106 Å². The van der Waals surface area contributed by atoms with Gasteiger partial charge in [-0.3, -0.25) is 19.2 Å². The number of H-pyrrole nitrogens is 1. The molecule has 262 valence electrons. The summed E-state index contributed by atoms with van der Waals surface area (Å²) >= 11 is 5.97. The van der Waals surface area contributed by atoms with Crippen LogP contribution in [0.25, 0.3) is 0 Å². The number of carbonyl (C=O) groups is 5. The third kappa shape index (κ3) is 11.3. The molecule has 19 heteroatoms. The van der Waals surface area contributed by atoms with Crippen molar-refractivity contribution < 1.29 is 42.2 Å². The number of likely N-dealkylation sites (tertiary alicyclic amines) is 1. The number of alkyl carbamates (subject to hydrolysis) is 1. The van der Waals surface area contributed by atoms with Gasteiger partial charge in [-0.25, -0.2) is 13.2 Å². The van der Waals surface area contributed by atoms with Gasteiger partial charge in [0.05, 0.1) is 12.5 Å². The van der Waals surface area contributed by atoms with Gasteiger partial charge in [0.2, 0.25) is 17.7 Å². The maximum absolute atomic E-state index is 14.0. The maximum atomic E-state index is 14.0. The Morgan fingerprint density at radius 3 is 2.42 bits per heavy atom. The Bertz CT molecular complexity index is 1600. The first kappa shape index (κ1) is 37.9. The van der Waals surface area contributed by atoms with Crippen LogP contribution in [0.1, 0.15) is 51.4 Å². The lowest BCUT2D eigenvalue weighted by Crippen LogP contribution is -2.60. The largest absolute Gasteiger partial charge is 0.481 e. The number of carbonyl (C=O) groups excluding carboxylic acids is 4. The van der Waals surface area contributed by atoms with E-state index in [0.29, 0.717) is 12.0 Å². The third-order valence-electron chi connectivity index (χ3n) is 7.24. The van der Waals surface area contributed by atoms with Crippen LogP contribution in [0.3, 0.4) is 0 Å². The summed E-state index contributed by atoms with van der Waals surface area (Å²) < 4.78 is 28.5. The van der Waals surface area contributed by atoms with Crippen LogP contribution in [0.4, 0.5) is 4.79 Å². The normalized spacial score (nSPS) is 17.1. The SMILES string of the molecule is CC(C)(C)[C@@H](NC(=O)[C@H](CC(=O)O)NC(=O)OCc1ccccc1)C(=O)N1CCC[C@@H]1C(=O)N[C@H](C=C(Cl)S(C)(=O)=O)Cc1nn[nH]n1. The van der Waals surface area contributed by atoms with Gasteiger partial charge in [-0.1, -0.05) is 67.9 Å². The first-order valence-electron chi connectivity index (χ1n) is 14.9. The Balaban J connectivity index is 1.76. The number of hydrogen-bond acceptors (Lipinski definition) is 11. The van der Waals surface area contributed by atoms with Crippen molar-refractivity contribution in [2.75, 3.05) is 12.8 Å². The number of sulfone groups is 1. The van der Waals surface area contributed by atoms with Crippen LogP contribution in [0, 0.1) is 5.41 Å². The molecule has 17 nitrogen and oxygen atoms in total. The number of aromatic amines is 1. The Morgan fingerprint density at radius 2 is 1.83 bits per heavy atom. The van der Waals surface area contributed by atoms with Crippen molar-refractivity contribution in [3.8, 4) is 0 Å². The number of hydrogen-bond donors (Lipinski definition) is 5. The lowest BCUT2D eigenvalue weighted by atomic mass is 9.85. The van der Waals surface area contributed by atoms with Crippen LogP contribution in [-0.2, 0) is 46.8 Å². The number of nitrogens with zero attached hydrogens (tertiary/aromatic N) is 4. The van der Waals surface area contributed by atoms with E-state index in [2.05, 4.69) is 36.6 Å². The summed E-state index contributed by atoms with van der Waals surface area (Å²) in [4.78, 5) is 66.2. The van der Waals surface area contributed by atoms with E-state index in [-0.39, 0.29) is 31.8 Å². The van der Waals surface area contributed by atoms with E-state index in [1.54, 1.807) is 51.1 Å². The van der Waals surface area contributed by atoms with Gasteiger partial charge in [-0.15, -0.1) is 10.2 Å². The van der Waals surface area contributed by atoms with Gasteiger partial charge in [0.1, 0.15) is 29.1 Å². The van der Waals surface area contributed by atoms with Crippen molar-refractivity contribution >= 4 is 51.2 Å². The van der Waals surface area contributed by atoms with Gasteiger partial charge < -0.3 is 30.7 Å². The maximum Gasteiger partial charge on any atom is 0.408 e. The van der Waals surface area contributed by atoms with Gasteiger partial charge in [-0.05, 0) is 29.9 Å². The monoisotopic (exact) mass is 710 g/mol. The molecule has 0 saturated carbocycles. The molecule has 0 unspecified atom stereocenters. The molecule has 3 rings (SSSR count). The molecule has 4 amide bonds. The standard InChI is InChI=1S/C29H39ClN8O9S/c1-29(2,3)24(33-25(41)19(15-23(39)40)32-28(44)47-16-17-9-6-5-7-10-17)27(43)38-12-8-11-20(38)26(42)31-18(13-21(30)48(4,45)46)14-22-34-36-37-35-22/h5-7,9-10,13,18-20,24H,8,11-12,14-16H2,1-4H3,(H,31,42)(H,32,44)(H,33,41)(H,39,40)(H,34,35,36,37)/t18-,19+,20-,24+/m1/s1. The molecule has 0 radical (unpaired) electrons. The zero-order chi connectivity index (χ0) is 35.6. The number of tetrazole rings is 1. The van der Waals surface area contributed by atoms with Crippen molar-refractivity contribution in [2.45, 2.75) is 77.2 Å². The summed E-state index contributed by atoms with van der Waals surface area (Å²) in [6, 6.07) is 3.89. The molecule has 48 heavy (non-hydrogen) atoms. The Morgan fingerprint density at radius 1 is 1.15 bits per heavy atom. The summed E-state index contributed by atoms with van der Waals surface area (Å²) in [5.41, 5.74) is -0.254. The fourth-order valence-electron chi connectivity index (χ4n) is 4.83. The summed E-state index contributed by atoms with van der Waals surface area (Å²) in [7, 11) is -3.80. The second-order valence-corrected chi connectivity index (χ2v) is 14.9. The second kappa shape index (κ2) is 16.5. The zero-order valence-electron chi connectivity index (χ0n) is 26.8. The van der Waals surface area contributed by atoms with Gasteiger partial charge in [0.15, 0.2) is 15.7 Å². The van der Waals surface area contributed by atoms with Crippen LogP contribution >= 0.6 is 11.6 Å². The summed E-state index contributed by atoms with van der Waals surface area (Å²) in [5.74, 6) is -3.39. The minimum absolute atomic E-state index is 0.0684. The molecule has 4 atom stereocenters. The van der Waals surface area contributed by atoms with E-state index in [4.69, 9.17) is 16.3 Å². The van der Waals surface area contributed by atoms with E-state index in [0.717, 1.165) is 12.3 Å². The number of halogens is 1. The van der Waals surface area contributed by atoms with E-state index in [9.17, 15) is 37.5 Å². The molecule has 1 saturated heterocycles. The number of nitrogens with one attached hydrogen (secondary N) is 4. The molecule has 0 bridgehead atoms. The first-order valence-corrected chi connectivity index (χ1v) is 17.1. The second-order valence-electron chi connectivity index (χ2n) is 12.2. The molecular formula is C29H39ClN8O9S. The highest BCUT2D eigenvalue weighted by molar-refractivity contribution is 7.96. The highest BCUT2D eigenvalue weighted by Gasteiger charge is 2.43. The minimum atomic E-state index is -3.80. The predicted octanol–water partition coefficient (Wildman–Crippen LogP) is 0.643. The molecule has 5 N–H and O–H groups in total. The number of rotatable bonds is 14. The molecule has 1 aliphatic rings. The highest BCUT2D eigenvalue weighted by Crippen LogP contribution is 2.26. The van der Waals surface area contributed by atoms with E-state index >= 15 is 0 Å². The number of benzene rings is 1. The van der Waals surface area contributed by atoms with Gasteiger partial charge in [0.25, 0.3) is 0 Å².